The van der Waals surface area contributed by atoms with Gasteiger partial charge in [0, 0.05) is 55.2 Å². The molecule has 0 radical (unpaired) electrons. The van der Waals surface area contributed by atoms with E-state index in [-0.39, 0.29) is 23.7 Å². The lowest BCUT2D eigenvalue weighted by Gasteiger charge is -2.17. The highest BCUT2D eigenvalue weighted by atomic mass is 16.2. The summed E-state index contributed by atoms with van der Waals surface area (Å²) in [4.78, 5) is 49.3. The Morgan fingerprint density at radius 2 is 1.97 bits per heavy atom. The van der Waals surface area contributed by atoms with E-state index in [9.17, 15) is 9.59 Å². The third-order valence-corrected chi connectivity index (χ3v) is 7.66. The number of aromatic nitrogens is 6. The normalized spacial score (nSPS) is 20.4. The maximum atomic E-state index is 12.8. The lowest BCUT2D eigenvalue weighted by Crippen LogP contribution is -2.24. The first-order chi connectivity index (χ1) is 19.0. The molecule has 39 heavy (non-hydrogen) atoms. The van der Waals surface area contributed by atoms with Crippen molar-refractivity contribution >= 4 is 34.8 Å². The smallest absolute Gasteiger partial charge is 0.229 e. The summed E-state index contributed by atoms with van der Waals surface area (Å²) >= 11 is 0. The van der Waals surface area contributed by atoms with Gasteiger partial charge >= 0.3 is 0 Å². The molecular weight excluding hydrogens is 494 g/mol. The van der Waals surface area contributed by atoms with E-state index in [4.69, 9.17) is 4.98 Å². The van der Waals surface area contributed by atoms with Crippen molar-refractivity contribution < 1.29 is 9.59 Å². The highest BCUT2D eigenvalue weighted by Crippen LogP contribution is 2.46. The Hall–Kier alpha value is -4.41. The van der Waals surface area contributed by atoms with Crippen molar-refractivity contribution in [2.75, 3.05) is 22.1 Å². The van der Waals surface area contributed by atoms with Crippen molar-refractivity contribution in [1.29, 1.82) is 0 Å². The Bertz CT molecular complexity index is 1600. The van der Waals surface area contributed by atoms with E-state index in [1.807, 2.05) is 28.5 Å². The maximum absolute atomic E-state index is 12.8. The van der Waals surface area contributed by atoms with Crippen LogP contribution in [0.4, 0.5) is 17.3 Å². The van der Waals surface area contributed by atoms with Crippen LogP contribution in [0.15, 0.2) is 43.1 Å². The number of nitrogens with zero attached hydrogens (tertiary/aromatic N) is 7. The molecular formula is C28H29N9O2. The highest BCUT2D eigenvalue weighted by Gasteiger charge is 2.46. The summed E-state index contributed by atoms with van der Waals surface area (Å²) in [7, 11) is 0. The molecule has 1 aliphatic heterocycles. The van der Waals surface area contributed by atoms with Crippen LogP contribution in [0.1, 0.15) is 66.7 Å². The molecule has 2 atom stereocenters. The summed E-state index contributed by atoms with van der Waals surface area (Å²) in [6.45, 7) is 3.09. The summed E-state index contributed by atoms with van der Waals surface area (Å²) in [6.07, 6.45) is 11.9. The van der Waals surface area contributed by atoms with Crippen LogP contribution in [0.5, 0.6) is 0 Å². The molecule has 3 aliphatic rings. The fraction of sp³-hybridized carbons (Fsp3) is 0.393. The van der Waals surface area contributed by atoms with Gasteiger partial charge in [0.05, 0.1) is 17.9 Å². The van der Waals surface area contributed by atoms with Crippen LogP contribution in [0.3, 0.4) is 0 Å². The summed E-state index contributed by atoms with van der Waals surface area (Å²) < 4.78 is 2.04. The molecule has 198 valence electrons. The largest absolute Gasteiger partial charge is 0.364 e. The van der Waals surface area contributed by atoms with E-state index >= 15 is 0 Å². The second-order valence-corrected chi connectivity index (χ2v) is 10.7. The van der Waals surface area contributed by atoms with Gasteiger partial charge < -0.3 is 19.9 Å². The van der Waals surface area contributed by atoms with Gasteiger partial charge in [0.25, 0.3) is 0 Å². The molecule has 11 heteroatoms. The SMILES string of the molecule is Cc1ccnc([C@H]2C[C@@H]2C(=O)Nc2cc(NCc3cn4cc(C5CC5)cc(N5CCCC5=O)c4n3)ncn2)n1. The van der Waals surface area contributed by atoms with E-state index in [1.165, 1.54) is 24.7 Å². The van der Waals surface area contributed by atoms with Crippen molar-refractivity contribution in [3.8, 4) is 0 Å². The Kier molecular flexibility index (Phi) is 5.71. The Balaban J connectivity index is 1.04. The number of hydrogen-bond acceptors (Lipinski definition) is 8. The minimum Gasteiger partial charge on any atom is -0.364 e. The summed E-state index contributed by atoms with van der Waals surface area (Å²) in [5.41, 5.74) is 4.68. The van der Waals surface area contributed by atoms with Gasteiger partial charge in [-0.15, -0.1) is 0 Å². The molecule has 0 unspecified atom stereocenters. The van der Waals surface area contributed by atoms with Crippen molar-refractivity contribution in [2.24, 2.45) is 5.92 Å². The summed E-state index contributed by atoms with van der Waals surface area (Å²) in [5.74, 6) is 2.26. The van der Waals surface area contributed by atoms with Crippen LogP contribution in [-0.4, -0.2) is 47.7 Å². The average molecular weight is 524 g/mol. The first-order valence-electron chi connectivity index (χ1n) is 13.5. The predicted molar refractivity (Wildman–Crippen MR) is 144 cm³/mol. The minimum atomic E-state index is -0.159. The van der Waals surface area contributed by atoms with Crippen LogP contribution < -0.4 is 15.5 Å². The molecule has 4 aromatic heterocycles. The van der Waals surface area contributed by atoms with E-state index in [0.717, 1.165) is 42.1 Å². The third-order valence-electron chi connectivity index (χ3n) is 7.66. The van der Waals surface area contributed by atoms with Crippen LogP contribution in [0, 0.1) is 12.8 Å². The maximum Gasteiger partial charge on any atom is 0.229 e. The third kappa shape index (κ3) is 4.80. The molecule has 5 heterocycles. The summed E-state index contributed by atoms with van der Waals surface area (Å²) in [5, 5.41) is 6.19. The van der Waals surface area contributed by atoms with Crippen molar-refractivity contribution in [3.05, 3.63) is 65.9 Å². The number of imidazole rings is 1. The molecule has 2 N–H and O–H groups in total. The fourth-order valence-corrected chi connectivity index (χ4v) is 5.32. The Morgan fingerprint density at radius 1 is 1.10 bits per heavy atom. The lowest BCUT2D eigenvalue weighted by atomic mass is 10.1. The molecule has 4 aromatic rings. The van der Waals surface area contributed by atoms with Gasteiger partial charge in [-0.2, -0.15) is 0 Å². The van der Waals surface area contributed by atoms with Gasteiger partial charge in [0.15, 0.2) is 5.65 Å². The number of aryl methyl sites for hydroxylation is 1. The van der Waals surface area contributed by atoms with Gasteiger partial charge in [-0.05, 0) is 56.2 Å². The van der Waals surface area contributed by atoms with Crippen LogP contribution in [-0.2, 0) is 16.1 Å². The zero-order valence-corrected chi connectivity index (χ0v) is 21.7. The van der Waals surface area contributed by atoms with E-state index in [1.54, 1.807) is 12.3 Å². The number of rotatable bonds is 8. The highest BCUT2D eigenvalue weighted by molar-refractivity contribution is 5.98. The van der Waals surface area contributed by atoms with Gasteiger partial charge in [0.2, 0.25) is 11.8 Å². The predicted octanol–water partition coefficient (Wildman–Crippen LogP) is 3.58. The second-order valence-electron chi connectivity index (χ2n) is 10.7. The second kappa shape index (κ2) is 9.40. The number of anilines is 3. The zero-order valence-electron chi connectivity index (χ0n) is 21.7. The average Bonchev–Trinajstić information content (AvgIpc) is 3.85. The Morgan fingerprint density at radius 3 is 2.77 bits per heavy atom. The van der Waals surface area contributed by atoms with Crippen molar-refractivity contribution in [3.63, 3.8) is 0 Å². The monoisotopic (exact) mass is 523 g/mol. The first kappa shape index (κ1) is 23.7. The molecule has 2 amide bonds. The number of nitrogens with one attached hydrogen (secondary N) is 2. The van der Waals surface area contributed by atoms with Gasteiger partial charge in [-0.3, -0.25) is 9.59 Å². The van der Waals surface area contributed by atoms with Gasteiger partial charge in [-0.25, -0.2) is 24.9 Å². The molecule has 0 spiro atoms. The van der Waals surface area contributed by atoms with Crippen LogP contribution in [0.2, 0.25) is 0 Å². The molecule has 1 saturated heterocycles. The molecule has 2 aliphatic carbocycles. The van der Waals surface area contributed by atoms with Gasteiger partial charge in [0.1, 0.15) is 23.8 Å². The lowest BCUT2D eigenvalue weighted by molar-refractivity contribution is -0.118. The topological polar surface area (TPSA) is 130 Å². The van der Waals surface area contributed by atoms with E-state index in [0.29, 0.717) is 36.3 Å². The zero-order chi connectivity index (χ0) is 26.5. The molecule has 0 aromatic carbocycles. The number of amides is 2. The quantitative estimate of drug-likeness (QED) is 0.358. The number of fused-ring (bicyclic) bond motifs is 1. The molecule has 7 rings (SSSR count). The molecule has 11 nitrogen and oxygen atoms in total. The standard InChI is InChI=1S/C28H29N9O2/c1-16-6-7-29-26(33-16)20-10-21(20)28(39)35-24-11-23(31-15-32-24)30-12-19-14-36-13-18(17-4-5-17)9-22(27(36)34-19)37-8-2-3-25(37)38/h6-7,9,11,13-15,17,20-21H,2-5,8,10,12H2,1H3,(H2,30,31,32,35,39)/t20-,21-/m0/s1. The van der Waals surface area contributed by atoms with Crippen LogP contribution >= 0.6 is 0 Å². The van der Waals surface area contributed by atoms with Crippen molar-refractivity contribution in [2.45, 2.75) is 57.4 Å². The minimum absolute atomic E-state index is 0.0422. The first-order valence-corrected chi connectivity index (χ1v) is 13.5. The summed E-state index contributed by atoms with van der Waals surface area (Å²) in [6, 6.07) is 5.71. The number of pyridine rings is 1. The number of carbonyl (C=O) groups excluding carboxylic acids is 2. The van der Waals surface area contributed by atoms with Crippen molar-refractivity contribution in [1.82, 2.24) is 29.3 Å². The van der Waals surface area contributed by atoms with E-state index < -0.39 is 0 Å². The van der Waals surface area contributed by atoms with Crippen LogP contribution in [0.25, 0.3) is 5.65 Å². The molecule has 3 fully saturated rings. The Labute approximate surface area is 225 Å². The molecule has 0 bridgehead atoms. The van der Waals surface area contributed by atoms with Gasteiger partial charge in [-0.1, -0.05) is 0 Å². The number of hydrogen-bond donors (Lipinski definition) is 2. The number of carbonyl (C=O) groups is 2. The molecule has 2 saturated carbocycles. The van der Waals surface area contributed by atoms with E-state index in [2.05, 4.69) is 42.8 Å². The fourth-order valence-electron chi connectivity index (χ4n) is 5.32.